The molecule has 4 heterocycles. The summed E-state index contributed by atoms with van der Waals surface area (Å²) in [5.41, 5.74) is 4.46. The molecule has 0 aromatic carbocycles. The van der Waals surface area contributed by atoms with Gasteiger partial charge >= 0.3 is 0 Å². The van der Waals surface area contributed by atoms with Gasteiger partial charge in [0.1, 0.15) is 12.0 Å². The van der Waals surface area contributed by atoms with Gasteiger partial charge in [0.15, 0.2) is 5.82 Å². The number of aryl methyl sites for hydroxylation is 1. The Hall–Kier alpha value is -2.06. The van der Waals surface area contributed by atoms with Crippen molar-refractivity contribution < 1.29 is 4.39 Å². The Balaban J connectivity index is 1.77. The van der Waals surface area contributed by atoms with E-state index in [1.54, 1.807) is 11.3 Å². The first-order chi connectivity index (χ1) is 14.2. The van der Waals surface area contributed by atoms with E-state index in [0.717, 1.165) is 57.5 Å². The molecule has 9 heteroatoms. The smallest absolute Gasteiger partial charge is 0.183 e. The van der Waals surface area contributed by atoms with E-state index >= 15 is 0 Å². The summed E-state index contributed by atoms with van der Waals surface area (Å²) < 4.78 is 14.6. The van der Waals surface area contributed by atoms with Crippen molar-refractivity contribution in [2.75, 3.05) is 18.0 Å². The molecule has 0 saturated carbocycles. The molecule has 0 amide bonds. The second kappa shape index (κ2) is 7.99. The van der Waals surface area contributed by atoms with Gasteiger partial charge in [-0.05, 0) is 66.6 Å². The van der Waals surface area contributed by atoms with Crippen LogP contribution in [-0.2, 0) is 12.8 Å². The van der Waals surface area contributed by atoms with Gasteiger partial charge in [0.25, 0.3) is 0 Å². The van der Waals surface area contributed by atoms with E-state index in [9.17, 15) is 4.39 Å². The van der Waals surface area contributed by atoms with Crippen molar-refractivity contribution in [1.82, 2.24) is 25.6 Å². The van der Waals surface area contributed by atoms with Crippen LogP contribution in [0.3, 0.4) is 0 Å². The Bertz CT molecular complexity index is 997. The number of halogens is 2. The molecule has 152 valence electrons. The Morgan fingerprint density at radius 3 is 2.66 bits per heavy atom. The number of nitrogens with zero attached hydrogens (tertiary/aromatic N) is 5. The summed E-state index contributed by atoms with van der Waals surface area (Å²) in [6, 6.07) is 4.00. The van der Waals surface area contributed by atoms with Crippen LogP contribution < -0.4 is 4.90 Å². The molecule has 1 fully saturated rings. The molecule has 2 aliphatic rings. The number of nitrogens with one attached hydrogen (secondary N) is 1. The van der Waals surface area contributed by atoms with Crippen molar-refractivity contribution >= 4 is 28.8 Å². The molecule has 0 atom stereocenters. The van der Waals surface area contributed by atoms with Gasteiger partial charge in [0.05, 0.1) is 9.90 Å². The third-order valence-electron chi connectivity index (χ3n) is 5.83. The molecular weight excluding hydrogens is 411 g/mol. The van der Waals surface area contributed by atoms with Gasteiger partial charge in [-0.2, -0.15) is 0 Å². The normalized spacial score (nSPS) is 17.9. The lowest BCUT2D eigenvalue weighted by atomic mass is 9.94. The number of fused-ring (bicyclic) bond motifs is 1. The highest BCUT2D eigenvalue weighted by atomic mass is 35.5. The molecule has 5 rings (SSSR count). The zero-order chi connectivity index (χ0) is 19.8. The van der Waals surface area contributed by atoms with Gasteiger partial charge < -0.3 is 4.90 Å². The maximum atomic E-state index is 13.8. The number of piperidine rings is 1. The Labute approximate surface area is 177 Å². The Morgan fingerprint density at radius 2 is 1.93 bits per heavy atom. The molecule has 0 unspecified atom stereocenters. The van der Waals surface area contributed by atoms with Crippen LogP contribution in [0.15, 0.2) is 12.1 Å². The number of thiophene rings is 1. The number of anilines is 1. The second-order valence-electron chi connectivity index (χ2n) is 7.69. The van der Waals surface area contributed by atoms with Crippen LogP contribution in [0.25, 0.3) is 21.8 Å². The number of H-pyrrole nitrogens is 1. The summed E-state index contributed by atoms with van der Waals surface area (Å²) in [5, 5.41) is 14.8. The minimum atomic E-state index is -0.738. The van der Waals surface area contributed by atoms with Crippen LogP contribution >= 0.6 is 22.9 Å². The van der Waals surface area contributed by atoms with E-state index in [2.05, 4.69) is 31.6 Å². The van der Waals surface area contributed by atoms with Gasteiger partial charge in [0.2, 0.25) is 0 Å². The molecule has 0 bridgehead atoms. The predicted octanol–water partition coefficient (Wildman–Crippen LogP) is 4.85. The van der Waals surface area contributed by atoms with E-state index in [4.69, 9.17) is 16.6 Å². The molecule has 3 aromatic heterocycles. The molecule has 1 N–H and O–H groups in total. The van der Waals surface area contributed by atoms with E-state index < -0.39 is 6.17 Å². The molecule has 0 spiro atoms. The number of rotatable bonds is 3. The van der Waals surface area contributed by atoms with Crippen molar-refractivity contribution in [3.05, 3.63) is 27.7 Å². The molecule has 1 saturated heterocycles. The standard InChI is InChI=1S/C20H22ClFN6S/c21-16-7-6-15(29-16)17-13-4-2-1-3-5-14(13)23-20(18(17)19-24-26-27-25-19)28-10-8-12(22)9-11-28/h6-7,12H,1-5,8-11H2,(H,24,25,26,27). The van der Waals surface area contributed by atoms with Gasteiger partial charge in [0, 0.05) is 29.2 Å². The third-order valence-corrected chi connectivity index (χ3v) is 7.08. The number of hydrogen-bond acceptors (Lipinski definition) is 6. The summed E-state index contributed by atoms with van der Waals surface area (Å²) in [5.74, 6) is 1.46. The monoisotopic (exact) mass is 432 g/mol. The first-order valence-electron chi connectivity index (χ1n) is 10.2. The highest BCUT2D eigenvalue weighted by Crippen LogP contribution is 2.45. The lowest BCUT2D eigenvalue weighted by molar-refractivity contribution is 0.277. The minimum Gasteiger partial charge on any atom is -0.356 e. The van der Waals surface area contributed by atoms with Crippen molar-refractivity contribution in [2.45, 2.75) is 51.1 Å². The number of aromatic amines is 1. The summed E-state index contributed by atoms with van der Waals surface area (Å²) in [6.07, 6.45) is 5.72. The van der Waals surface area contributed by atoms with Crippen LogP contribution in [-0.4, -0.2) is 44.9 Å². The summed E-state index contributed by atoms with van der Waals surface area (Å²) in [6.45, 7) is 1.29. The van der Waals surface area contributed by atoms with E-state index in [0.29, 0.717) is 31.8 Å². The maximum absolute atomic E-state index is 13.8. The van der Waals surface area contributed by atoms with Crippen LogP contribution in [0.5, 0.6) is 0 Å². The molecule has 29 heavy (non-hydrogen) atoms. The van der Waals surface area contributed by atoms with Gasteiger partial charge in [-0.3, -0.25) is 0 Å². The number of pyridine rings is 1. The highest BCUT2D eigenvalue weighted by molar-refractivity contribution is 7.19. The topological polar surface area (TPSA) is 70.6 Å². The van der Waals surface area contributed by atoms with Crippen LogP contribution in [0.1, 0.15) is 43.4 Å². The van der Waals surface area contributed by atoms with Crippen molar-refractivity contribution in [3.63, 3.8) is 0 Å². The average Bonchev–Trinajstić information content (AvgIpc) is 3.34. The fourth-order valence-corrected chi connectivity index (χ4v) is 5.53. The number of aromatic nitrogens is 5. The van der Waals surface area contributed by atoms with Gasteiger partial charge in [-0.15, -0.1) is 16.4 Å². The lowest BCUT2D eigenvalue weighted by Crippen LogP contribution is -2.35. The lowest BCUT2D eigenvalue weighted by Gasteiger charge is -2.32. The van der Waals surface area contributed by atoms with E-state index in [1.807, 2.05) is 6.07 Å². The molecular formula is C20H22ClFN6S. The van der Waals surface area contributed by atoms with Crippen molar-refractivity contribution in [1.29, 1.82) is 0 Å². The fraction of sp³-hybridized carbons (Fsp3) is 0.500. The summed E-state index contributed by atoms with van der Waals surface area (Å²) in [7, 11) is 0. The number of alkyl halides is 1. The average molecular weight is 433 g/mol. The molecule has 1 aliphatic heterocycles. The minimum absolute atomic E-state index is 0.521. The SMILES string of the molecule is FC1CCN(c2nc3c(c(-c4ccc(Cl)s4)c2-c2nnn[nH]2)CCCCC3)CC1. The first kappa shape index (κ1) is 18.9. The van der Waals surface area contributed by atoms with Crippen molar-refractivity contribution in [3.8, 4) is 21.8 Å². The van der Waals surface area contributed by atoms with Crippen LogP contribution in [0, 0.1) is 0 Å². The molecule has 3 aromatic rings. The van der Waals surface area contributed by atoms with Crippen molar-refractivity contribution in [2.24, 2.45) is 0 Å². The third kappa shape index (κ3) is 3.64. The zero-order valence-corrected chi connectivity index (χ0v) is 17.6. The summed E-state index contributed by atoms with van der Waals surface area (Å²) in [4.78, 5) is 8.42. The largest absolute Gasteiger partial charge is 0.356 e. The number of hydrogen-bond donors (Lipinski definition) is 1. The second-order valence-corrected chi connectivity index (χ2v) is 9.40. The van der Waals surface area contributed by atoms with Gasteiger partial charge in [-0.1, -0.05) is 18.0 Å². The first-order valence-corrected chi connectivity index (χ1v) is 11.3. The summed E-state index contributed by atoms with van der Waals surface area (Å²) >= 11 is 7.87. The fourth-order valence-electron chi connectivity index (χ4n) is 4.40. The van der Waals surface area contributed by atoms with E-state index in [1.165, 1.54) is 12.0 Å². The highest BCUT2D eigenvalue weighted by Gasteiger charge is 2.30. The van der Waals surface area contributed by atoms with Gasteiger partial charge in [-0.25, -0.2) is 14.5 Å². The Morgan fingerprint density at radius 1 is 1.10 bits per heavy atom. The molecule has 1 aliphatic carbocycles. The quantitative estimate of drug-likeness (QED) is 0.599. The molecule has 0 radical (unpaired) electrons. The maximum Gasteiger partial charge on any atom is 0.183 e. The van der Waals surface area contributed by atoms with Crippen LogP contribution in [0.2, 0.25) is 4.34 Å². The van der Waals surface area contributed by atoms with Crippen LogP contribution in [0.4, 0.5) is 10.2 Å². The molecule has 6 nitrogen and oxygen atoms in total. The Kier molecular flexibility index (Phi) is 5.22. The van der Waals surface area contributed by atoms with E-state index in [-0.39, 0.29) is 0 Å². The zero-order valence-electron chi connectivity index (χ0n) is 16.0. The number of tetrazole rings is 1. The predicted molar refractivity (Wildman–Crippen MR) is 113 cm³/mol.